The SMILES string of the molecule is N#Cc1ncc(Br)cc1N.[Fe]. The largest absolute Gasteiger partial charge is 0.396 e. The maximum atomic E-state index is 8.40. The van der Waals surface area contributed by atoms with Crippen molar-refractivity contribution in [2.45, 2.75) is 0 Å². The molecular weight excluding hydrogens is 250 g/mol. The Morgan fingerprint density at radius 1 is 1.64 bits per heavy atom. The number of hydrogen-bond acceptors (Lipinski definition) is 3. The van der Waals surface area contributed by atoms with E-state index in [9.17, 15) is 0 Å². The zero-order valence-corrected chi connectivity index (χ0v) is 8.05. The van der Waals surface area contributed by atoms with E-state index in [-0.39, 0.29) is 22.8 Å². The van der Waals surface area contributed by atoms with E-state index in [1.165, 1.54) is 6.20 Å². The monoisotopic (exact) mass is 253 g/mol. The molecule has 0 spiro atoms. The third-order valence-corrected chi connectivity index (χ3v) is 1.42. The number of hydrogen-bond donors (Lipinski definition) is 1. The first-order chi connectivity index (χ1) is 4.74. The predicted molar refractivity (Wildman–Crippen MR) is 41.1 cm³/mol. The Bertz CT molecular complexity index is 294. The first kappa shape index (κ1) is 10.4. The average Bonchev–Trinajstić information content (AvgIpc) is 1.88. The molecule has 0 saturated carbocycles. The molecule has 0 aliphatic carbocycles. The summed E-state index contributed by atoms with van der Waals surface area (Å²) in [5, 5.41) is 8.40. The van der Waals surface area contributed by atoms with E-state index >= 15 is 0 Å². The summed E-state index contributed by atoms with van der Waals surface area (Å²) in [7, 11) is 0. The molecule has 58 valence electrons. The minimum atomic E-state index is 0. The van der Waals surface area contributed by atoms with E-state index in [0.717, 1.165) is 4.47 Å². The van der Waals surface area contributed by atoms with Gasteiger partial charge in [-0.25, -0.2) is 4.98 Å². The second kappa shape index (κ2) is 4.34. The summed E-state index contributed by atoms with van der Waals surface area (Å²) in [6, 6.07) is 3.51. The van der Waals surface area contributed by atoms with Gasteiger partial charge in [-0.3, -0.25) is 0 Å². The van der Waals surface area contributed by atoms with Crippen LogP contribution in [0.4, 0.5) is 5.69 Å². The third-order valence-electron chi connectivity index (χ3n) is 0.990. The first-order valence-corrected chi connectivity index (χ1v) is 3.34. The number of anilines is 1. The molecule has 0 aliphatic heterocycles. The molecule has 1 heterocycles. The Morgan fingerprint density at radius 3 is 2.73 bits per heavy atom. The van der Waals surface area contributed by atoms with Crippen LogP contribution in [0.2, 0.25) is 0 Å². The van der Waals surface area contributed by atoms with E-state index in [2.05, 4.69) is 20.9 Å². The van der Waals surface area contributed by atoms with Gasteiger partial charge in [-0.2, -0.15) is 5.26 Å². The number of aromatic nitrogens is 1. The molecule has 3 nitrogen and oxygen atoms in total. The topological polar surface area (TPSA) is 62.7 Å². The summed E-state index contributed by atoms with van der Waals surface area (Å²) >= 11 is 3.17. The van der Waals surface area contributed by atoms with Gasteiger partial charge in [-0.15, -0.1) is 0 Å². The van der Waals surface area contributed by atoms with Crippen LogP contribution in [0.5, 0.6) is 0 Å². The van der Waals surface area contributed by atoms with Crippen molar-refractivity contribution >= 4 is 21.6 Å². The number of pyridine rings is 1. The van der Waals surface area contributed by atoms with Crippen LogP contribution in [0.15, 0.2) is 16.7 Å². The molecule has 0 bridgehead atoms. The summed E-state index contributed by atoms with van der Waals surface area (Å²) in [5.41, 5.74) is 6.08. The minimum absolute atomic E-state index is 0. The summed E-state index contributed by atoms with van der Waals surface area (Å²) in [4.78, 5) is 3.76. The summed E-state index contributed by atoms with van der Waals surface area (Å²) in [6.07, 6.45) is 1.54. The average molecular weight is 254 g/mol. The number of rotatable bonds is 0. The van der Waals surface area contributed by atoms with E-state index in [1.54, 1.807) is 6.07 Å². The molecule has 1 aromatic rings. The van der Waals surface area contributed by atoms with E-state index in [1.807, 2.05) is 6.07 Å². The number of nitriles is 1. The summed E-state index contributed by atoms with van der Waals surface area (Å²) in [6.45, 7) is 0. The Morgan fingerprint density at radius 2 is 2.27 bits per heavy atom. The molecule has 0 saturated heterocycles. The molecule has 0 amide bonds. The fourth-order valence-electron chi connectivity index (χ4n) is 0.548. The molecule has 0 radical (unpaired) electrons. The van der Waals surface area contributed by atoms with Gasteiger partial charge < -0.3 is 5.73 Å². The normalized spacial score (nSPS) is 8.00. The number of nitrogens with zero attached hydrogens (tertiary/aromatic N) is 2. The quantitative estimate of drug-likeness (QED) is 0.709. The van der Waals surface area contributed by atoms with Crippen LogP contribution in [0.3, 0.4) is 0 Å². The molecule has 0 aromatic carbocycles. The molecule has 5 heteroatoms. The fraction of sp³-hybridized carbons (Fsp3) is 0. The van der Waals surface area contributed by atoms with Gasteiger partial charge in [0.05, 0.1) is 5.69 Å². The van der Waals surface area contributed by atoms with E-state index < -0.39 is 0 Å². The second-order valence-corrected chi connectivity index (χ2v) is 2.62. The van der Waals surface area contributed by atoms with Crippen molar-refractivity contribution in [3.05, 3.63) is 22.4 Å². The van der Waals surface area contributed by atoms with Crippen molar-refractivity contribution in [1.82, 2.24) is 4.98 Å². The van der Waals surface area contributed by atoms with Crippen molar-refractivity contribution in [1.29, 1.82) is 5.26 Å². The van der Waals surface area contributed by atoms with Crippen molar-refractivity contribution in [2.75, 3.05) is 5.73 Å². The fourth-order valence-corrected chi connectivity index (χ4v) is 0.897. The molecule has 0 atom stereocenters. The van der Waals surface area contributed by atoms with Crippen LogP contribution in [-0.2, 0) is 17.1 Å². The molecule has 0 fully saturated rings. The molecule has 2 N–H and O–H groups in total. The van der Waals surface area contributed by atoms with Crippen LogP contribution < -0.4 is 5.73 Å². The van der Waals surface area contributed by atoms with Crippen LogP contribution in [0.1, 0.15) is 5.69 Å². The van der Waals surface area contributed by atoms with Gasteiger partial charge in [0.25, 0.3) is 0 Å². The van der Waals surface area contributed by atoms with Crippen LogP contribution >= 0.6 is 15.9 Å². The molecule has 1 rings (SSSR count). The van der Waals surface area contributed by atoms with Crippen LogP contribution in [0.25, 0.3) is 0 Å². The predicted octanol–water partition coefficient (Wildman–Crippen LogP) is 1.30. The summed E-state index contributed by atoms with van der Waals surface area (Å²) in [5.74, 6) is 0. The standard InChI is InChI=1S/C6H4BrN3.Fe/c7-4-1-5(9)6(2-8)10-3-4;/h1,3H,9H2;. The second-order valence-electron chi connectivity index (χ2n) is 1.70. The van der Waals surface area contributed by atoms with Gasteiger partial charge >= 0.3 is 0 Å². The smallest absolute Gasteiger partial charge is 0.163 e. The van der Waals surface area contributed by atoms with Gasteiger partial charge in [-0.1, -0.05) is 0 Å². The molecular formula is C6H4BrFeN3. The Hall–Kier alpha value is -0.561. The number of nitrogen functional groups attached to an aromatic ring is 1. The Kier molecular flexibility index (Phi) is 4.12. The zero-order chi connectivity index (χ0) is 7.56. The van der Waals surface area contributed by atoms with Gasteiger partial charge in [0.2, 0.25) is 0 Å². The van der Waals surface area contributed by atoms with Crippen LogP contribution in [-0.4, -0.2) is 4.98 Å². The minimum Gasteiger partial charge on any atom is -0.396 e. The molecule has 1 aromatic heterocycles. The number of halogens is 1. The van der Waals surface area contributed by atoms with Crippen molar-refractivity contribution in [3.8, 4) is 6.07 Å². The zero-order valence-electron chi connectivity index (χ0n) is 5.36. The third kappa shape index (κ3) is 2.51. The number of nitrogens with two attached hydrogens (primary N) is 1. The first-order valence-electron chi connectivity index (χ1n) is 2.55. The molecule has 0 unspecified atom stereocenters. The van der Waals surface area contributed by atoms with Crippen molar-refractivity contribution in [2.24, 2.45) is 0 Å². The maximum Gasteiger partial charge on any atom is 0.163 e. The maximum absolute atomic E-state index is 8.40. The molecule has 0 aliphatic rings. The van der Waals surface area contributed by atoms with Gasteiger partial charge in [-0.05, 0) is 22.0 Å². The summed E-state index contributed by atoms with van der Waals surface area (Å²) < 4.78 is 0.781. The Balaban J connectivity index is 0.000001000. The van der Waals surface area contributed by atoms with E-state index in [4.69, 9.17) is 11.0 Å². The van der Waals surface area contributed by atoms with Crippen molar-refractivity contribution < 1.29 is 17.1 Å². The van der Waals surface area contributed by atoms with Gasteiger partial charge in [0, 0.05) is 27.7 Å². The van der Waals surface area contributed by atoms with E-state index in [0.29, 0.717) is 5.69 Å². The Labute approximate surface area is 83.2 Å². The van der Waals surface area contributed by atoms with Crippen molar-refractivity contribution in [3.63, 3.8) is 0 Å². The van der Waals surface area contributed by atoms with Gasteiger partial charge in [0.15, 0.2) is 5.69 Å². The van der Waals surface area contributed by atoms with Crippen LogP contribution in [0, 0.1) is 11.3 Å². The van der Waals surface area contributed by atoms with Gasteiger partial charge in [0.1, 0.15) is 6.07 Å². The molecule has 11 heavy (non-hydrogen) atoms.